The maximum atomic E-state index is 12.9. The van der Waals surface area contributed by atoms with E-state index in [-0.39, 0.29) is 5.82 Å². The molecular formula is C15H21BrFNO. The molecule has 0 aromatic heterocycles. The predicted molar refractivity (Wildman–Crippen MR) is 79.0 cm³/mol. The van der Waals surface area contributed by atoms with E-state index in [0.29, 0.717) is 22.9 Å². The van der Waals surface area contributed by atoms with Crippen LogP contribution < -0.4 is 10.1 Å². The molecule has 1 fully saturated rings. The number of hydrogen-bond donors (Lipinski definition) is 1. The zero-order chi connectivity index (χ0) is 13.7. The summed E-state index contributed by atoms with van der Waals surface area (Å²) < 4.78 is 19.2. The van der Waals surface area contributed by atoms with Gasteiger partial charge in [0.15, 0.2) is 0 Å². The van der Waals surface area contributed by atoms with E-state index in [0.717, 1.165) is 12.5 Å². The molecule has 0 amide bonds. The van der Waals surface area contributed by atoms with Crippen LogP contribution in [0, 0.1) is 11.7 Å². The van der Waals surface area contributed by atoms with Crippen LogP contribution in [0.1, 0.15) is 32.6 Å². The largest absolute Gasteiger partial charge is 0.491 e. The Bertz CT molecular complexity index is 413. The van der Waals surface area contributed by atoms with Gasteiger partial charge in [-0.15, -0.1) is 0 Å². The lowest BCUT2D eigenvalue weighted by Gasteiger charge is -2.27. The molecule has 2 rings (SSSR count). The summed E-state index contributed by atoms with van der Waals surface area (Å²) in [5.74, 6) is 1.27. The molecule has 1 N–H and O–H groups in total. The van der Waals surface area contributed by atoms with Gasteiger partial charge >= 0.3 is 0 Å². The Hall–Kier alpha value is -0.610. The molecular weight excluding hydrogens is 309 g/mol. The van der Waals surface area contributed by atoms with Gasteiger partial charge in [-0.25, -0.2) is 4.39 Å². The first-order chi connectivity index (χ1) is 9.15. The highest BCUT2D eigenvalue weighted by molar-refractivity contribution is 9.10. The van der Waals surface area contributed by atoms with E-state index < -0.39 is 0 Å². The van der Waals surface area contributed by atoms with Gasteiger partial charge in [0, 0.05) is 12.6 Å². The van der Waals surface area contributed by atoms with Gasteiger partial charge in [0.2, 0.25) is 0 Å². The van der Waals surface area contributed by atoms with Crippen molar-refractivity contribution in [1.82, 2.24) is 5.32 Å². The highest BCUT2D eigenvalue weighted by Crippen LogP contribution is 2.25. The highest BCUT2D eigenvalue weighted by atomic mass is 79.9. The molecule has 1 aliphatic carbocycles. The van der Waals surface area contributed by atoms with Crippen molar-refractivity contribution < 1.29 is 9.13 Å². The summed E-state index contributed by atoms with van der Waals surface area (Å²) in [6.07, 6.45) is 5.21. The van der Waals surface area contributed by atoms with E-state index in [2.05, 4.69) is 28.2 Å². The molecule has 4 heteroatoms. The van der Waals surface area contributed by atoms with Gasteiger partial charge in [-0.3, -0.25) is 0 Å². The second-order valence-corrected chi connectivity index (χ2v) is 6.20. The third kappa shape index (κ3) is 4.77. The number of nitrogens with one attached hydrogen (secondary N) is 1. The Kier molecular flexibility index (Phi) is 5.64. The average Bonchev–Trinajstić information content (AvgIpc) is 2.37. The highest BCUT2D eigenvalue weighted by Gasteiger charge is 2.17. The van der Waals surface area contributed by atoms with Crippen molar-refractivity contribution in [3.05, 3.63) is 28.5 Å². The minimum absolute atomic E-state index is 0.256. The van der Waals surface area contributed by atoms with Gasteiger partial charge < -0.3 is 10.1 Å². The molecule has 1 aromatic carbocycles. The van der Waals surface area contributed by atoms with Crippen LogP contribution in [0.2, 0.25) is 0 Å². The molecule has 1 saturated carbocycles. The lowest BCUT2D eigenvalue weighted by molar-refractivity contribution is 0.265. The monoisotopic (exact) mass is 329 g/mol. The van der Waals surface area contributed by atoms with Crippen molar-refractivity contribution in [2.24, 2.45) is 5.92 Å². The Morgan fingerprint density at radius 2 is 2.26 bits per heavy atom. The summed E-state index contributed by atoms with van der Waals surface area (Å²) in [4.78, 5) is 0. The molecule has 2 nitrogen and oxygen atoms in total. The average molecular weight is 330 g/mol. The number of ether oxygens (including phenoxy) is 1. The Labute approximate surface area is 122 Å². The van der Waals surface area contributed by atoms with Crippen LogP contribution in [0.15, 0.2) is 22.7 Å². The Morgan fingerprint density at radius 1 is 1.42 bits per heavy atom. The first-order valence-electron chi connectivity index (χ1n) is 6.96. The fraction of sp³-hybridized carbons (Fsp3) is 0.600. The molecule has 0 aliphatic heterocycles. The first kappa shape index (κ1) is 14.8. The van der Waals surface area contributed by atoms with Crippen LogP contribution in [-0.2, 0) is 0 Å². The zero-order valence-electron chi connectivity index (χ0n) is 11.3. The van der Waals surface area contributed by atoms with Crippen molar-refractivity contribution in [3.63, 3.8) is 0 Å². The maximum Gasteiger partial charge on any atom is 0.133 e. The third-order valence-electron chi connectivity index (χ3n) is 3.62. The Morgan fingerprint density at radius 3 is 3.00 bits per heavy atom. The van der Waals surface area contributed by atoms with Crippen molar-refractivity contribution in [1.29, 1.82) is 0 Å². The van der Waals surface area contributed by atoms with E-state index in [1.165, 1.54) is 37.8 Å². The topological polar surface area (TPSA) is 21.3 Å². The van der Waals surface area contributed by atoms with Crippen molar-refractivity contribution in [2.75, 3.05) is 13.2 Å². The van der Waals surface area contributed by atoms with Gasteiger partial charge in [-0.05, 0) is 52.9 Å². The molecule has 1 aromatic rings. The van der Waals surface area contributed by atoms with Crippen LogP contribution in [0.25, 0.3) is 0 Å². The summed E-state index contributed by atoms with van der Waals surface area (Å²) in [7, 11) is 0. The van der Waals surface area contributed by atoms with Crippen LogP contribution in [0.3, 0.4) is 0 Å². The summed E-state index contributed by atoms with van der Waals surface area (Å²) in [6, 6.07) is 5.12. The van der Waals surface area contributed by atoms with Gasteiger partial charge in [-0.1, -0.05) is 19.8 Å². The third-order valence-corrected chi connectivity index (χ3v) is 4.24. The van der Waals surface area contributed by atoms with E-state index in [4.69, 9.17) is 4.74 Å². The SMILES string of the molecule is CC1CCCC(NCCOc2ccc(F)cc2Br)C1. The molecule has 106 valence electrons. The van der Waals surface area contributed by atoms with E-state index >= 15 is 0 Å². The van der Waals surface area contributed by atoms with Crippen LogP contribution in [0.5, 0.6) is 5.75 Å². The van der Waals surface area contributed by atoms with Crippen LogP contribution in [-0.4, -0.2) is 19.2 Å². The number of rotatable bonds is 5. The second-order valence-electron chi connectivity index (χ2n) is 5.35. The van der Waals surface area contributed by atoms with Gasteiger partial charge in [-0.2, -0.15) is 0 Å². The summed E-state index contributed by atoms with van der Waals surface area (Å²) >= 11 is 3.30. The number of benzene rings is 1. The molecule has 0 radical (unpaired) electrons. The smallest absolute Gasteiger partial charge is 0.133 e. The van der Waals surface area contributed by atoms with Crippen LogP contribution >= 0.6 is 15.9 Å². The van der Waals surface area contributed by atoms with Gasteiger partial charge in [0.1, 0.15) is 18.2 Å². The first-order valence-corrected chi connectivity index (χ1v) is 7.75. The van der Waals surface area contributed by atoms with E-state index in [9.17, 15) is 4.39 Å². The number of halogens is 2. The molecule has 1 aliphatic rings. The molecule has 19 heavy (non-hydrogen) atoms. The lowest BCUT2D eigenvalue weighted by atomic mass is 9.87. The standard InChI is InChI=1S/C15H21BrFNO/c1-11-3-2-4-13(9-11)18-7-8-19-15-6-5-12(17)10-14(15)16/h5-6,10-11,13,18H,2-4,7-9H2,1H3. The minimum Gasteiger partial charge on any atom is -0.491 e. The summed E-state index contributed by atoms with van der Waals surface area (Å²) in [5, 5.41) is 3.54. The van der Waals surface area contributed by atoms with Gasteiger partial charge in [0.05, 0.1) is 4.47 Å². The maximum absolute atomic E-state index is 12.9. The molecule has 0 saturated heterocycles. The lowest BCUT2D eigenvalue weighted by Crippen LogP contribution is -2.36. The minimum atomic E-state index is -0.256. The van der Waals surface area contributed by atoms with Crippen molar-refractivity contribution in [2.45, 2.75) is 38.6 Å². The normalized spacial score (nSPS) is 23.3. The fourth-order valence-electron chi connectivity index (χ4n) is 2.64. The van der Waals surface area contributed by atoms with Gasteiger partial charge in [0.25, 0.3) is 0 Å². The summed E-state index contributed by atoms with van der Waals surface area (Å²) in [6.45, 7) is 3.76. The van der Waals surface area contributed by atoms with Crippen LogP contribution in [0.4, 0.5) is 4.39 Å². The molecule has 0 spiro atoms. The molecule has 0 heterocycles. The van der Waals surface area contributed by atoms with Crippen molar-refractivity contribution >= 4 is 15.9 Å². The fourth-order valence-corrected chi connectivity index (χ4v) is 3.10. The molecule has 0 bridgehead atoms. The molecule has 2 atom stereocenters. The van der Waals surface area contributed by atoms with Crippen molar-refractivity contribution in [3.8, 4) is 5.75 Å². The van der Waals surface area contributed by atoms with E-state index in [1.807, 2.05) is 0 Å². The number of hydrogen-bond acceptors (Lipinski definition) is 2. The zero-order valence-corrected chi connectivity index (χ0v) is 12.9. The second kappa shape index (κ2) is 7.25. The quantitative estimate of drug-likeness (QED) is 0.820. The Balaban J connectivity index is 1.69. The summed E-state index contributed by atoms with van der Waals surface area (Å²) in [5.41, 5.74) is 0. The molecule has 2 unspecified atom stereocenters. The predicted octanol–water partition coefficient (Wildman–Crippen LogP) is 4.14. The van der Waals surface area contributed by atoms with E-state index in [1.54, 1.807) is 6.07 Å².